The molecule has 1 N–H and O–H groups in total. The fraction of sp³-hybridized carbons (Fsp3) is 0.727. The second-order valence-corrected chi connectivity index (χ2v) is 5.26. The van der Waals surface area contributed by atoms with E-state index < -0.39 is 0 Å². The van der Waals surface area contributed by atoms with Gasteiger partial charge in [-0.1, -0.05) is 5.21 Å². The molecule has 0 fully saturated rings. The minimum atomic E-state index is -0.203. The minimum absolute atomic E-state index is 0.0247. The predicted molar refractivity (Wildman–Crippen MR) is 62.0 cm³/mol. The van der Waals surface area contributed by atoms with Crippen LogP contribution in [-0.2, 0) is 11.2 Å². The molecule has 16 heavy (non-hydrogen) atoms. The summed E-state index contributed by atoms with van der Waals surface area (Å²) >= 11 is 0. The number of amides is 1. The molecular weight excluding hydrogens is 204 g/mol. The summed E-state index contributed by atoms with van der Waals surface area (Å²) in [5, 5.41) is 10.8. The van der Waals surface area contributed by atoms with Crippen LogP contribution in [0.1, 0.15) is 46.4 Å². The summed E-state index contributed by atoms with van der Waals surface area (Å²) in [6.45, 7) is 9.91. The molecule has 5 heteroatoms. The average molecular weight is 224 g/mol. The fourth-order valence-corrected chi connectivity index (χ4v) is 1.27. The van der Waals surface area contributed by atoms with E-state index in [1.807, 2.05) is 40.8 Å². The van der Waals surface area contributed by atoms with E-state index in [1.54, 1.807) is 4.68 Å². The maximum absolute atomic E-state index is 11.6. The van der Waals surface area contributed by atoms with Crippen LogP contribution in [0, 0.1) is 0 Å². The number of rotatable bonds is 3. The molecule has 1 amide bonds. The summed E-state index contributed by atoms with van der Waals surface area (Å²) in [6, 6.07) is 0.270. The van der Waals surface area contributed by atoms with Crippen LogP contribution in [0.3, 0.4) is 0 Å². The van der Waals surface area contributed by atoms with Crippen LogP contribution in [0.4, 0.5) is 0 Å². The average Bonchev–Trinajstić information content (AvgIpc) is 2.48. The quantitative estimate of drug-likeness (QED) is 0.842. The molecule has 0 saturated carbocycles. The Hall–Kier alpha value is -1.39. The van der Waals surface area contributed by atoms with Gasteiger partial charge in [-0.05, 0) is 34.6 Å². The fourth-order valence-electron chi connectivity index (χ4n) is 1.27. The lowest BCUT2D eigenvalue weighted by molar-refractivity contribution is -0.121. The van der Waals surface area contributed by atoms with Crippen LogP contribution < -0.4 is 5.32 Å². The van der Waals surface area contributed by atoms with Crippen molar-refractivity contribution in [2.75, 3.05) is 0 Å². The van der Waals surface area contributed by atoms with Gasteiger partial charge in [0, 0.05) is 17.8 Å². The molecular formula is C11H20N4O. The summed E-state index contributed by atoms with van der Waals surface area (Å²) in [5.74, 6) is -0.0247. The minimum Gasteiger partial charge on any atom is -0.351 e. The van der Waals surface area contributed by atoms with Gasteiger partial charge in [0.05, 0.1) is 12.1 Å². The van der Waals surface area contributed by atoms with Crippen LogP contribution in [0.5, 0.6) is 0 Å². The van der Waals surface area contributed by atoms with Crippen molar-refractivity contribution in [2.24, 2.45) is 0 Å². The molecule has 1 heterocycles. The maximum Gasteiger partial charge on any atom is 0.226 e. The van der Waals surface area contributed by atoms with E-state index in [1.165, 1.54) is 0 Å². The molecule has 0 bridgehead atoms. The molecule has 0 atom stereocenters. The van der Waals surface area contributed by atoms with E-state index in [-0.39, 0.29) is 23.9 Å². The van der Waals surface area contributed by atoms with Crippen molar-refractivity contribution in [3.05, 3.63) is 11.9 Å². The number of hydrogen-bond acceptors (Lipinski definition) is 3. The van der Waals surface area contributed by atoms with Gasteiger partial charge in [-0.2, -0.15) is 0 Å². The van der Waals surface area contributed by atoms with Gasteiger partial charge in [-0.15, -0.1) is 5.10 Å². The summed E-state index contributed by atoms with van der Waals surface area (Å²) in [5.41, 5.74) is 0.501. The van der Waals surface area contributed by atoms with Gasteiger partial charge in [0.2, 0.25) is 5.91 Å². The van der Waals surface area contributed by atoms with Crippen LogP contribution in [0.15, 0.2) is 6.20 Å². The second-order valence-electron chi connectivity index (χ2n) is 5.26. The van der Waals surface area contributed by atoms with E-state index in [0.717, 1.165) is 0 Å². The zero-order chi connectivity index (χ0) is 12.3. The van der Waals surface area contributed by atoms with Crippen molar-refractivity contribution in [2.45, 2.75) is 52.6 Å². The van der Waals surface area contributed by atoms with E-state index in [9.17, 15) is 4.79 Å². The monoisotopic (exact) mass is 224 g/mol. The predicted octanol–water partition coefficient (Wildman–Crippen LogP) is 1.32. The lowest BCUT2D eigenvalue weighted by Gasteiger charge is -2.19. The molecule has 0 saturated heterocycles. The van der Waals surface area contributed by atoms with Gasteiger partial charge in [0.1, 0.15) is 0 Å². The van der Waals surface area contributed by atoms with Gasteiger partial charge in [-0.3, -0.25) is 4.79 Å². The van der Waals surface area contributed by atoms with Crippen LogP contribution in [-0.4, -0.2) is 26.4 Å². The molecule has 0 unspecified atom stereocenters. The highest BCUT2D eigenvalue weighted by Crippen LogP contribution is 2.04. The molecule has 90 valence electrons. The Kier molecular flexibility index (Phi) is 3.67. The summed E-state index contributed by atoms with van der Waals surface area (Å²) in [4.78, 5) is 11.6. The number of carbonyl (C=O) groups is 1. The first-order valence-electron chi connectivity index (χ1n) is 5.49. The number of nitrogens with one attached hydrogen (secondary N) is 1. The molecule has 0 aliphatic rings. The van der Waals surface area contributed by atoms with Gasteiger partial charge >= 0.3 is 0 Å². The van der Waals surface area contributed by atoms with E-state index in [0.29, 0.717) is 5.69 Å². The standard InChI is InChI=1S/C11H20N4O/c1-8(2)15-7-9(13-14-15)6-10(16)12-11(3,4)5/h7-8H,6H2,1-5H3,(H,12,16). The van der Waals surface area contributed by atoms with Gasteiger partial charge < -0.3 is 5.32 Å². The second kappa shape index (κ2) is 4.63. The van der Waals surface area contributed by atoms with Crippen LogP contribution in [0.2, 0.25) is 0 Å². The largest absolute Gasteiger partial charge is 0.351 e. The molecule has 0 radical (unpaired) electrons. The van der Waals surface area contributed by atoms with E-state index in [4.69, 9.17) is 0 Å². The number of hydrogen-bond donors (Lipinski definition) is 1. The normalized spacial score (nSPS) is 11.9. The first-order chi connectivity index (χ1) is 7.28. The van der Waals surface area contributed by atoms with E-state index in [2.05, 4.69) is 15.6 Å². The Morgan fingerprint density at radius 1 is 1.50 bits per heavy atom. The number of aromatic nitrogens is 3. The zero-order valence-electron chi connectivity index (χ0n) is 10.6. The lowest BCUT2D eigenvalue weighted by atomic mass is 10.1. The Morgan fingerprint density at radius 2 is 2.12 bits per heavy atom. The topological polar surface area (TPSA) is 59.8 Å². The molecule has 5 nitrogen and oxygen atoms in total. The third kappa shape index (κ3) is 4.00. The molecule has 0 aliphatic heterocycles. The highest BCUT2D eigenvalue weighted by molar-refractivity contribution is 5.78. The maximum atomic E-state index is 11.6. The molecule has 1 aromatic rings. The van der Waals surface area contributed by atoms with Gasteiger partial charge in [-0.25, -0.2) is 4.68 Å². The number of carbonyl (C=O) groups excluding carboxylic acids is 1. The SMILES string of the molecule is CC(C)n1cc(CC(=O)NC(C)(C)C)nn1. The molecule has 1 rings (SSSR count). The van der Waals surface area contributed by atoms with Crippen molar-refractivity contribution >= 4 is 5.91 Å². The molecule has 0 spiro atoms. The van der Waals surface area contributed by atoms with Crippen LogP contribution in [0.25, 0.3) is 0 Å². The Labute approximate surface area is 96.2 Å². The van der Waals surface area contributed by atoms with Crippen molar-refractivity contribution < 1.29 is 4.79 Å². The zero-order valence-corrected chi connectivity index (χ0v) is 10.6. The number of nitrogens with zero attached hydrogens (tertiary/aromatic N) is 3. The first kappa shape index (κ1) is 12.7. The highest BCUT2D eigenvalue weighted by atomic mass is 16.1. The van der Waals surface area contributed by atoms with Gasteiger partial charge in [0.15, 0.2) is 0 Å². The molecule has 0 aliphatic carbocycles. The van der Waals surface area contributed by atoms with Crippen LogP contribution >= 0.6 is 0 Å². The van der Waals surface area contributed by atoms with Crippen molar-refractivity contribution in [3.63, 3.8) is 0 Å². The third-order valence-electron chi connectivity index (χ3n) is 1.94. The van der Waals surface area contributed by atoms with Crippen molar-refractivity contribution in [1.82, 2.24) is 20.3 Å². The Bertz CT molecular complexity index is 362. The lowest BCUT2D eigenvalue weighted by Crippen LogP contribution is -2.41. The van der Waals surface area contributed by atoms with Crippen molar-refractivity contribution in [1.29, 1.82) is 0 Å². The molecule has 1 aromatic heterocycles. The van der Waals surface area contributed by atoms with E-state index >= 15 is 0 Å². The summed E-state index contributed by atoms with van der Waals surface area (Å²) in [6.07, 6.45) is 2.09. The highest BCUT2D eigenvalue weighted by Gasteiger charge is 2.15. The first-order valence-corrected chi connectivity index (χ1v) is 5.49. The Balaban J connectivity index is 2.57. The van der Waals surface area contributed by atoms with Crippen molar-refractivity contribution in [3.8, 4) is 0 Å². The molecule has 0 aromatic carbocycles. The Morgan fingerprint density at radius 3 is 2.56 bits per heavy atom. The smallest absolute Gasteiger partial charge is 0.226 e. The third-order valence-corrected chi connectivity index (χ3v) is 1.94. The summed E-state index contributed by atoms with van der Waals surface area (Å²) in [7, 11) is 0. The van der Waals surface area contributed by atoms with Gasteiger partial charge in [0.25, 0.3) is 0 Å². The summed E-state index contributed by atoms with van der Waals surface area (Å²) < 4.78 is 1.75.